The van der Waals surface area contributed by atoms with E-state index in [1.165, 1.54) is 31.2 Å². The summed E-state index contributed by atoms with van der Waals surface area (Å²) in [5, 5.41) is 3.58. The summed E-state index contributed by atoms with van der Waals surface area (Å²) < 4.78 is 0.386. The fourth-order valence-corrected chi connectivity index (χ4v) is 3.84. The number of thiocarbonyl (C=S) groups is 1. The fraction of sp³-hybridized carbons (Fsp3) is 0.533. The summed E-state index contributed by atoms with van der Waals surface area (Å²) in [6.45, 7) is 3.08. The lowest BCUT2D eigenvalue weighted by Gasteiger charge is -2.28. The molecule has 0 aliphatic heterocycles. The standard InChI is InChI=1S/C15H22N2S2/c1-11-5-6-12(14(16)18)13(9-11)17-10-15(19-2)7-3-4-8-15/h5-6,9,17H,3-4,7-8,10H2,1-2H3,(H2,16,18). The Kier molecular flexibility index (Phi) is 4.74. The number of rotatable bonds is 5. The zero-order valence-corrected chi connectivity index (χ0v) is 13.3. The molecule has 2 rings (SSSR count). The third kappa shape index (κ3) is 3.42. The number of anilines is 1. The molecule has 0 radical (unpaired) electrons. The number of aryl methyl sites for hydroxylation is 1. The van der Waals surface area contributed by atoms with Crippen LogP contribution in [0.2, 0.25) is 0 Å². The SMILES string of the molecule is CSC1(CNc2cc(C)ccc2C(N)=S)CCCC1. The normalized spacial score (nSPS) is 17.4. The number of hydrogen-bond donors (Lipinski definition) is 2. The molecule has 0 amide bonds. The highest BCUT2D eigenvalue weighted by atomic mass is 32.2. The van der Waals surface area contributed by atoms with Crippen LogP contribution in [0.5, 0.6) is 0 Å². The second-order valence-electron chi connectivity index (χ2n) is 5.36. The average Bonchev–Trinajstić information content (AvgIpc) is 2.85. The molecule has 0 saturated heterocycles. The van der Waals surface area contributed by atoms with E-state index >= 15 is 0 Å². The monoisotopic (exact) mass is 294 g/mol. The van der Waals surface area contributed by atoms with Crippen molar-refractivity contribution in [2.45, 2.75) is 37.4 Å². The Balaban J connectivity index is 2.14. The lowest BCUT2D eigenvalue weighted by atomic mass is 10.1. The second kappa shape index (κ2) is 6.14. The summed E-state index contributed by atoms with van der Waals surface area (Å²) in [5.74, 6) is 0. The van der Waals surface area contributed by atoms with Crippen molar-refractivity contribution in [2.24, 2.45) is 5.73 Å². The quantitative estimate of drug-likeness (QED) is 0.812. The molecule has 19 heavy (non-hydrogen) atoms. The Morgan fingerprint density at radius 3 is 2.68 bits per heavy atom. The van der Waals surface area contributed by atoms with Crippen molar-refractivity contribution in [2.75, 3.05) is 18.1 Å². The highest BCUT2D eigenvalue weighted by molar-refractivity contribution is 8.00. The number of nitrogens with two attached hydrogens (primary N) is 1. The van der Waals surface area contributed by atoms with E-state index in [2.05, 4.69) is 30.6 Å². The predicted octanol–water partition coefficient (Wildman–Crippen LogP) is 3.72. The molecule has 3 N–H and O–H groups in total. The lowest BCUT2D eigenvalue weighted by Crippen LogP contribution is -2.30. The predicted molar refractivity (Wildman–Crippen MR) is 90.3 cm³/mol. The molecule has 0 heterocycles. The first-order valence-electron chi connectivity index (χ1n) is 6.76. The summed E-state index contributed by atoms with van der Waals surface area (Å²) >= 11 is 7.12. The summed E-state index contributed by atoms with van der Waals surface area (Å²) in [5.41, 5.74) is 9.06. The van der Waals surface area contributed by atoms with Crippen LogP contribution in [-0.4, -0.2) is 22.5 Å². The van der Waals surface area contributed by atoms with Gasteiger partial charge in [0.15, 0.2) is 0 Å². The van der Waals surface area contributed by atoms with E-state index in [1.54, 1.807) is 0 Å². The van der Waals surface area contributed by atoms with Gasteiger partial charge in [0.05, 0.1) is 0 Å². The summed E-state index contributed by atoms with van der Waals surface area (Å²) in [4.78, 5) is 0.465. The van der Waals surface area contributed by atoms with Crippen molar-refractivity contribution in [1.82, 2.24) is 0 Å². The first-order valence-corrected chi connectivity index (χ1v) is 8.39. The van der Waals surface area contributed by atoms with Crippen LogP contribution in [0.4, 0.5) is 5.69 Å². The number of hydrogen-bond acceptors (Lipinski definition) is 3. The third-order valence-corrected chi connectivity index (χ3v) is 5.63. The smallest absolute Gasteiger partial charge is 0.106 e. The van der Waals surface area contributed by atoms with E-state index in [0.717, 1.165) is 17.8 Å². The second-order valence-corrected chi connectivity index (χ2v) is 7.08. The van der Waals surface area contributed by atoms with E-state index < -0.39 is 0 Å². The molecule has 0 unspecified atom stereocenters. The highest BCUT2D eigenvalue weighted by Gasteiger charge is 2.32. The molecule has 0 atom stereocenters. The van der Waals surface area contributed by atoms with Crippen LogP contribution in [0.25, 0.3) is 0 Å². The van der Waals surface area contributed by atoms with Gasteiger partial charge < -0.3 is 11.1 Å². The highest BCUT2D eigenvalue weighted by Crippen LogP contribution is 2.40. The van der Waals surface area contributed by atoms with Gasteiger partial charge in [0.2, 0.25) is 0 Å². The van der Waals surface area contributed by atoms with Crippen molar-refractivity contribution in [3.05, 3.63) is 29.3 Å². The van der Waals surface area contributed by atoms with Crippen LogP contribution in [0.1, 0.15) is 36.8 Å². The maximum Gasteiger partial charge on any atom is 0.106 e. The molecule has 2 nitrogen and oxygen atoms in total. The van der Waals surface area contributed by atoms with Crippen LogP contribution in [0, 0.1) is 6.92 Å². The minimum absolute atomic E-state index is 0.386. The first kappa shape index (κ1) is 14.7. The molecule has 1 saturated carbocycles. The molecule has 1 aromatic carbocycles. The lowest BCUT2D eigenvalue weighted by molar-refractivity contribution is 0.640. The van der Waals surface area contributed by atoms with Crippen molar-refractivity contribution >= 4 is 34.7 Å². The Morgan fingerprint density at radius 2 is 2.11 bits per heavy atom. The van der Waals surface area contributed by atoms with Crippen LogP contribution in [0.3, 0.4) is 0 Å². The first-order chi connectivity index (χ1) is 9.06. The fourth-order valence-electron chi connectivity index (χ4n) is 2.75. The van der Waals surface area contributed by atoms with Gasteiger partial charge in [0.1, 0.15) is 4.99 Å². The zero-order chi connectivity index (χ0) is 13.9. The molecule has 0 bridgehead atoms. The van der Waals surface area contributed by atoms with Gasteiger partial charge in [-0.1, -0.05) is 31.1 Å². The van der Waals surface area contributed by atoms with Gasteiger partial charge in [-0.05, 0) is 43.7 Å². The topological polar surface area (TPSA) is 38.0 Å². The molecule has 1 fully saturated rings. The van der Waals surface area contributed by atoms with Gasteiger partial charge in [-0.25, -0.2) is 0 Å². The molecule has 1 aromatic rings. The van der Waals surface area contributed by atoms with Gasteiger partial charge in [-0.2, -0.15) is 11.8 Å². The third-order valence-electron chi connectivity index (χ3n) is 3.99. The zero-order valence-electron chi connectivity index (χ0n) is 11.7. The van der Waals surface area contributed by atoms with Crippen molar-refractivity contribution in [1.29, 1.82) is 0 Å². The van der Waals surface area contributed by atoms with Gasteiger partial charge in [0, 0.05) is 22.5 Å². The maximum atomic E-state index is 5.80. The largest absolute Gasteiger partial charge is 0.389 e. The van der Waals surface area contributed by atoms with E-state index in [1.807, 2.05) is 17.8 Å². The van der Waals surface area contributed by atoms with Crippen molar-refractivity contribution in [3.63, 3.8) is 0 Å². The van der Waals surface area contributed by atoms with E-state index in [-0.39, 0.29) is 0 Å². The van der Waals surface area contributed by atoms with E-state index in [9.17, 15) is 0 Å². The van der Waals surface area contributed by atoms with Gasteiger partial charge in [-0.15, -0.1) is 0 Å². The Hall–Kier alpha value is -0.740. The van der Waals surface area contributed by atoms with Crippen LogP contribution >= 0.6 is 24.0 Å². The summed E-state index contributed by atoms with van der Waals surface area (Å²) in [6.07, 6.45) is 7.51. The summed E-state index contributed by atoms with van der Waals surface area (Å²) in [6, 6.07) is 6.21. The van der Waals surface area contributed by atoms with Crippen molar-refractivity contribution in [3.8, 4) is 0 Å². The number of benzene rings is 1. The van der Waals surface area contributed by atoms with Crippen LogP contribution < -0.4 is 11.1 Å². The minimum atomic E-state index is 0.386. The van der Waals surface area contributed by atoms with Crippen LogP contribution in [0.15, 0.2) is 18.2 Å². The molecule has 1 aliphatic carbocycles. The Morgan fingerprint density at radius 1 is 1.42 bits per heavy atom. The molecule has 0 spiro atoms. The van der Waals surface area contributed by atoms with Gasteiger partial charge in [-0.3, -0.25) is 0 Å². The van der Waals surface area contributed by atoms with E-state index in [4.69, 9.17) is 18.0 Å². The van der Waals surface area contributed by atoms with Gasteiger partial charge >= 0.3 is 0 Å². The van der Waals surface area contributed by atoms with Crippen molar-refractivity contribution < 1.29 is 0 Å². The molecule has 0 aromatic heterocycles. The maximum absolute atomic E-state index is 5.80. The van der Waals surface area contributed by atoms with Crippen LogP contribution in [-0.2, 0) is 0 Å². The number of thioether (sulfide) groups is 1. The average molecular weight is 294 g/mol. The Bertz CT molecular complexity index is 465. The molecular formula is C15H22N2S2. The molecule has 4 heteroatoms. The van der Waals surface area contributed by atoms with Gasteiger partial charge in [0.25, 0.3) is 0 Å². The molecule has 104 valence electrons. The number of nitrogens with one attached hydrogen (secondary N) is 1. The molecule has 1 aliphatic rings. The summed E-state index contributed by atoms with van der Waals surface area (Å²) in [7, 11) is 0. The Labute approximate surface area is 125 Å². The minimum Gasteiger partial charge on any atom is -0.389 e. The molecular weight excluding hydrogens is 272 g/mol. The van der Waals surface area contributed by atoms with E-state index in [0.29, 0.717) is 9.74 Å².